The van der Waals surface area contributed by atoms with E-state index in [0.29, 0.717) is 13.0 Å². The second kappa shape index (κ2) is 6.73. The molecule has 0 aliphatic heterocycles. The van der Waals surface area contributed by atoms with Crippen LogP contribution in [0, 0.1) is 0 Å². The highest BCUT2D eigenvalue weighted by Gasteiger charge is 2.06. The first-order chi connectivity index (χ1) is 9.31. The molecule has 0 bridgehead atoms. The average molecular weight is 258 g/mol. The maximum absolute atomic E-state index is 11.3. The number of esters is 1. The minimum Gasteiger partial charge on any atom is -0.466 e. The minimum atomic E-state index is -0.126. The van der Waals surface area contributed by atoms with Gasteiger partial charge in [0.25, 0.3) is 0 Å². The molecule has 100 valence electrons. The number of benzene rings is 1. The third kappa shape index (κ3) is 3.68. The van der Waals surface area contributed by atoms with Crippen molar-refractivity contribution in [2.45, 2.75) is 26.2 Å². The number of hydrogen-bond acceptors (Lipinski definition) is 3. The number of aryl methyl sites for hydroxylation is 1. The summed E-state index contributed by atoms with van der Waals surface area (Å²) in [6, 6.07) is 10.0. The Kier molecular flexibility index (Phi) is 4.72. The fourth-order valence-corrected chi connectivity index (χ4v) is 2.01. The van der Waals surface area contributed by atoms with E-state index in [1.165, 1.54) is 5.56 Å². The van der Waals surface area contributed by atoms with Crippen molar-refractivity contribution in [2.24, 2.45) is 0 Å². The number of nitrogens with zero attached hydrogens (tertiary/aromatic N) is 2. The van der Waals surface area contributed by atoms with Crippen LogP contribution in [0.2, 0.25) is 0 Å². The van der Waals surface area contributed by atoms with Gasteiger partial charge in [0, 0.05) is 18.8 Å². The molecule has 0 fully saturated rings. The Balaban J connectivity index is 1.99. The Morgan fingerprint density at radius 1 is 1.32 bits per heavy atom. The van der Waals surface area contributed by atoms with Gasteiger partial charge in [-0.2, -0.15) is 5.10 Å². The first-order valence-electron chi connectivity index (χ1n) is 6.55. The number of para-hydroxylation sites is 1. The Hall–Kier alpha value is -2.10. The quantitative estimate of drug-likeness (QED) is 0.748. The molecule has 2 aromatic rings. The molecule has 0 aliphatic carbocycles. The second-order valence-corrected chi connectivity index (χ2v) is 4.24. The van der Waals surface area contributed by atoms with E-state index in [1.54, 1.807) is 6.20 Å². The molecule has 4 nitrogen and oxygen atoms in total. The van der Waals surface area contributed by atoms with E-state index in [2.05, 4.69) is 11.2 Å². The van der Waals surface area contributed by atoms with Crippen molar-refractivity contribution in [3.8, 4) is 5.69 Å². The summed E-state index contributed by atoms with van der Waals surface area (Å²) >= 11 is 0. The summed E-state index contributed by atoms with van der Waals surface area (Å²) in [7, 11) is 0. The van der Waals surface area contributed by atoms with Crippen LogP contribution in [0.1, 0.15) is 25.3 Å². The fourth-order valence-electron chi connectivity index (χ4n) is 2.01. The van der Waals surface area contributed by atoms with Gasteiger partial charge in [0.15, 0.2) is 0 Å². The summed E-state index contributed by atoms with van der Waals surface area (Å²) in [5, 5.41) is 4.24. The van der Waals surface area contributed by atoms with Gasteiger partial charge < -0.3 is 4.74 Å². The maximum Gasteiger partial charge on any atom is 0.305 e. The lowest BCUT2D eigenvalue weighted by Gasteiger charge is -2.09. The minimum absolute atomic E-state index is 0.126. The van der Waals surface area contributed by atoms with Crippen LogP contribution in [-0.4, -0.2) is 22.4 Å². The highest BCUT2D eigenvalue weighted by molar-refractivity contribution is 5.69. The SMILES string of the molecule is CCOC(=O)CCCc1ccccc1-n1cccn1. The molecule has 1 aromatic carbocycles. The van der Waals surface area contributed by atoms with Gasteiger partial charge in [-0.3, -0.25) is 4.79 Å². The molecule has 1 heterocycles. The monoisotopic (exact) mass is 258 g/mol. The van der Waals surface area contributed by atoms with Crippen molar-refractivity contribution in [3.05, 3.63) is 48.3 Å². The summed E-state index contributed by atoms with van der Waals surface area (Å²) in [5.74, 6) is -0.126. The zero-order chi connectivity index (χ0) is 13.5. The normalized spacial score (nSPS) is 10.4. The van der Waals surface area contributed by atoms with E-state index < -0.39 is 0 Å². The van der Waals surface area contributed by atoms with E-state index in [-0.39, 0.29) is 5.97 Å². The van der Waals surface area contributed by atoms with Crippen LogP contribution in [-0.2, 0) is 16.0 Å². The molecule has 0 amide bonds. The largest absolute Gasteiger partial charge is 0.466 e. The highest BCUT2D eigenvalue weighted by atomic mass is 16.5. The van der Waals surface area contributed by atoms with E-state index in [4.69, 9.17) is 4.74 Å². The van der Waals surface area contributed by atoms with Gasteiger partial charge in [-0.1, -0.05) is 18.2 Å². The molecule has 0 aliphatic rings. The average Bonchev–Trinajstić information content (AvgIpc) is 2.93. The zero-order valence-corrected chi connectivity index (χ0v) is 11.1. The van der Waals surface area contributed by atoms with Crippen molar-refractivity contribution >= 4 is 5.97 Å². The van der Waals surface area contributed by atoms with E-state index in [9.17, 15) is 4.79 Å². The van der Waals surface area contributed by atoms with Crippen LogP contribution < -0.4 is 0 Å². The molecule has 0 N–H and O–H groups in total. The summed E-state index contributed by atoms with van der Waals surface area (Å²) in [4.78, 5) is 11.3. The molecule has 2 rings (SSSR count). The van der Waals surface area contributed by atoms with E-state index in [0.717, 1.165) is 18.5 Å². The molecule has 0 saturated heterocycles. The zero-order valence-electron chi connectivity index (χ0n) is 11.1. The predicted octanol–water partition coefficient (Wildman–Crippen LogP) is 2.76. The molecule has 0 saturated carbocycles. The molecule has 4 heteroatoms. The molecular formula is C15H18N2O2. The number of carbonyl (C=O) groups is 1. The van der Waals surface area contributed by atoms with Crippen molar-refractivity contribution < 1.29 is 9.53 Å². The van der Waals surface area contributed by atoms with Crippen molar-refractivity contribution in [1.29, 1.82) is 0 Å². The first-order valence-corrected chi connectivity index (χ1v) is 6.55. The van der Waals surface area contributed by atoms with E-state index >= 15 is 0 Å². The number of rotatable bonds is 6. The van der Waals surface area contributed by atoms with Crippen LogP contribution in [0.25, 0.3) is 5.69 Å². The molecule has 0 spiro atoms. The number of carbonyl (C=O) groups excluding carboxylic acids is 1. The number of ether oxygens (including phenoxy) is 1. The third-order valence-electron chi connectivity index (χ3n) is 2.88. The topological polar surface area (TPSA) is 44.1 Å². The molecular weight excluding hydrogens is 240 g/mol. The van der Waals surface area contributed by atoms with Gasteiger partial charge in [-0.15, -0.1) is 0 Å². The smallest absolute Gasteiger partial charge is 0.305 e. The predicted molar refractivity (Wildman–Crippen MR) is 73.1 cm³/mol. The Labute approximate surface area is 113 Å². The van der Waals surface area contributed by atoms with Crippen molar-refractivity contribution in [3.63, 3.8) is 0 Å². The van der Waals surface area contributed by atoms with Gasteiger partial charge in [-0.05, 0) is 37.5 Å². The third-order valence-corrected chi connectivity index (χ3v) is 2.88. The van der Waals surface area contributed by atoms with Gasteiger partial charge in [-0.25, -0.2) is 4.68 Å². The lowest BCUT2D eigenvalue weighted by Crippen LogP contribution is -2.05. The summed E-state index contributed by atoms with van der Waals surface area (Å²) < 4.78 is 6.77. The number of aromatic nitrogens is 2. The highest BCUT2D eigenvalue weighted by Crippen LogP contribution is 2.16. The Morgan fingerprint density at radius 2 is 2.16 bits per heavy atom. The van der Waals surface area contributed by atoms with Crippen molar-refractivity contribution in [2.75, 3.05) is 6.61 Å². The van der Waals surface area contributed by atoms with Crippen LogP contribution in [0.5, 0.6) is 0 Å². The van der Waals surface area contributed by atoms with Crippen LogP contribution in [0.3, 0.4) is 0 Å². The summed E-state index contributed by atoms with van der Waals surface area (Å²) in [5.41, 5.74) is 2.26. The lowest BCUT2D eigenvalue weighted by atomic mass is 10.1. The van der Waals surface area contributed by atoms with Gasteiger partial charge in [0.2, 0.25) is 0 Å². The summed E-state index contributed by atoms with van der Waals surface area (Å²) in [6.45, 7) is 2.27. The molecule has 0 radical (unpaired) electrons. The standard InChI is InChI=1S/C15H18N2O2/c1-2-19-15(18)10-5-8-13-7-3-4-9-14(13)17-12-6-11-16-17/h3-4,6-7,9,11-12H,2,5,8,10H2,1H3. The molecule has 19 heavy (non-hydrogen) atoms. The number of hydrogen-bond donors (Lipinski definition) is 0. The molecule has 0 atom stereocenters. The Bertz CT molecular complexity index is 521. The molecule has 0 unspecified atom stereocenters. The van der Waals surface area contributed by atoms with Crippen LogP contribution >= 0.6 is 0 Å². The second-order valence-electron chi connectivity index (χ2n) is 4.24. The van der Waals surface area contributed by atoms with Crippen molar-refractivity contribution in [1.82, 2.24) is 9.78 Å². The first kappa shape index (κ1) is 13.3. The van der Waals surface area contributed by atoms with Gasteiger partial charge >= 0.3 is 5.97 Å². The van der Waals surface area contributed by atoms with Gasteiger partial charge in [0.05, 0.1) is 12.3 Å². The maximum atomic E-state index is 11.3. The lowest BCUT2D eigenvalue weighted by molar-refractivity contribution is -0.143. The van der Waals surface area contributed by atoms with Gasteiger partial charge in [0.1, 0.15) is 0 Å². The van der Waals surface area contributed by atoms with Crippen LogP contribution in [0.15, 0.2) is 42.7 Å². The van der Waals surface area contributed by atoms with Crippen LogP contribution in [0.4, 0.5) is 0 Å². The molecule has 1 aromatic heterocycles. The summed E-state index contributed by atoms with van der Waals surface area (Å²) in [6.07, 6.45) is 5.77. The van der Waals surface area contributed by atoms with E-state index in [1.807, 2.05) is 42.1 Å². The fraction of sp³-hybridized carbons (Fsp3) is 0.333. The Morgan fingerprint density at radius 3 is 2.89 bits per heavy atom.